The van der Waals surface area contributed by atoms with Crippen molar-refractivity contribution in [2.24, 2.45) is 0 Å². The quantitative estimate of drug-likeness (QED) is 0.171. The third-order valence-corrected chi connectivity index (χ3v) is 10.1. The number of rotatable bonds is 3. The zero-order valence-electron chi connectivity index (χ0n) is 24.0. The number of aromatic nitrogens is 2. The Morgan fingerprint density at radius 2 is 0.844 bits per heavy atom. The number of aromatic amines is 1. The summed E-state index contributed by atoms with van der Waals surface area (Å²) >= 11 is 17.5. The molecule has 0 bridgehead atoms. The van der Waals surface area contributed by atoms with E-state index in [0.29, 0.717) is 0 Å². The van der Waals surface area contributed by atoms with Crippen molar-refractivity contribution < 1.29 is 0 Å². The highest BCUT2D eigenvalue weighted by Crippen LogP contribution is 2.34. The van der Waals surface area contributed by atoms with Crippen molar-refractivity contribution in [3.8, 4) is 0 Å². The average molecular weight is 911 g/mol. The first-order valence-corrected chi connectivity index (χ1v) is 18.6. The van der Waals surface area contributed by atoms with Crippen molar-refractivity contribution in [1.29, 1.82) is 0 Å². The van der Waals surface area contributed by atoms with Crippen LogP contribution >= 0.6 is 79.6 Å². The number of alkyl halides is 1. The summed E-state index contributed by atoms with van der Waals surface area (Å²) in [5, 5.41) is 6.01. The van der Waals surface area contributed by atoms with Gasteiger partial charge in [-0.15, -0.1) is 0 Å². The Kier molecular flexibility index (Phi) is 10.6. The van der Waals surface area contributed by atoms with Gasteiger partial charge in [0.25, 0.3) is 0 Å². The van der Waals surface area contributed by atoms with Crippen molar-refractivity contribution in [3.05, 3.63) is 162 Å². The van der Waals surface area contributed by atoms with Gasteiger partial charge in [-0.1, -0.05) is 140 Å². The number of nitrogens with one attached hydrogen (secondary N) is 1. The smallest absolute Gasteiger partial charge is 0.0495 e. The largest absolute Gasteiger partial charge is 0.355 e. The van der Waals surface area contributed by atoms with Crippen LogP contribution in [0.25, 0.3) is 43.6 Å². The van der Waals surface area contributed by atoms with E-state index in [2.05, 4.69) is 192 Å². The summed E-state index contributed by atoms with van der Waals surface area (Å²) in [6.45, 7) is 0.879. The molecule has 7 heteroatoms. The lowest BCUT2D eigenvalue weighted by atomic mass is 10.2. The van der Waals surface area contributed by atoms with Gasteiger partial charge in [0.2, 0.25) is 0 Å². The maximum absolute atomic E-state index is 3.59. The maximum atomic E-state index is 3.59. The van der Waals surface area contributed by atoms with Crippen molar-refractivity contribution >= 4 is 123 Å². The Balaban J connectivity index is 0.000000134. The Labute approximate surface area is 304 Å². The highest BCUT2D eigenvalue weighted by Gasteiger charge is 2.12. The molecule has 2 heterocycles. The van der Waals surface area contributed by atoms with Crippen LogP contribution in [0.1, 0.15) is 11.1 Å². The molecule has 0 saturated heterocycles. The average Bonchev–Trinajstić information content (AvgIpc) is 3.56. The molecule has 8 rings (SSSR count). The molecule has 0 aliphatic rings. The monoisotopic (exact) mass is 906 g/mol. The summed E-state index contributed by atoms with van der Waals surface area (Å²) in [6.07, 6.45) is 0. The minimum Gasteiger partial charge on any atom is -0.355 e. The van der Waals surface area contributed by atoms with Gasteiger partial charge in [0, 0.05) is 73.4 Å². The Bertz CT molecular complexity index is 2110. The van der Waals surface area contributed by atoms with E-state index >= 15 is 0 Å². The number of hydrogen-bond acceptors (Lipinski definition) is 0. The summed E-state index contributed by atoms with van der Waals surface area (Å²) < 4.78 is 6.82. The highest BCUT2D eigenvalue weighted by atomic mass is 79.9. The van der Waals surface area contributed by atoms with Gasteiger partial charge in [0.05, 0.1) is 0 Å². The van der Waals surface area contributed by atoms with Crippen molar-refractivity contribution in [3.63, 3.8) is 0 Å². The standard InChI is InChI=1S/C19H13Br2N.C12H7Br2N.C7H7Br/c20-14-6-8-18-16(10-14)17-11-15(21)7-9-19(17)22(18)12-13-4-2-1-3-5-13;13-7-1-3-11-9(5-7)10-6-8(14)2-4-12(10)15-11;8-6-7-4-2-1-3-5-7/h1-11H,12H2;1-6,15H;1-5H,6H2. The predicted molar refractivity (Wildman–Crippen MR) is 211 cm³/mol. The van der Waals surface area contributed by atoms with E-state index in [1.165, 1.54) is 54.7 Å². The van der Waals surface area contributed by atoms with Crippen LogP contribution in [0, 0.1) is 0 Å². The van der Waals surface area contributed by atoms with Crippen molar-refractivity contribution in [2.45, 2.75) is 11.9 Å². The molecule has 0 radical (unpaired) electrons. The SMILES string of the molecule is BrCc1ccccc1.Brc1ccc2[nH]c3ccc(Br)cc3c2c1.Brc1ccc2c(c1)c1cc(Br)ccc1n2Cc1ccccc1. The van der Waals surface area contributed by atoms with Crippen LogP contribution in [-0.4, -0.2) is 9.55 Å². The van der Waals surface area contributed by atoms with Gasteiger partial charge in [-0.25, -0.2) is 0 Å². The molecule has 0 aliphatic heterocycles. The third-order valence-electron chi connectivity index (χ3n) is 7.49. The van der Waals surface area contributed by atoms with Gasteiger partial charge in [-0.2, -0.15) is 0 Å². The second-order valence-corrected chi connectivity index (χ2v) is 14.7. The van der Waals surface area contributed by atoms with Crippen LogP contribution in [0.5, 0.6) is 0 Å². The fraction of sp³-hybridized carbons (Fsp3) is 0.0526. The molecule has 224 valence electrons. The first-order chi connectivity index (χ1) is 21.9. The lowest BCUT2D eigenvalue weighted by Gasteiger charge is -2.07. The molecule has 0 atom stereocenters. The first kappa shape index (κ1) is 32.3. The molecule has 2 nitrogen and oxygen atoms in total. The van der Waals surface area contributed by atoms with Gasteiger partial charge in [-0.3, -0.25) is 0 Å². The van der Waals surface area contributed by atoms with Crippen LogP contribution in [-0.2, 0) is 11.9 Å². The summed E-state index contributed by atoms with van der Waals surface area (Å²) in [6, 6.07) is 46.4. The zero-order valence-corrected chi connectivity index (χ0v) is 31.9. The van der Waals surface area contributed by atoms with Crippen LogP contribution in [0.4, 0.5) is 0 Å². The van der Waals surface area contributed by atoms with Crippen LogP contribution in [0.2, 0.25) is 0 Å². The second-order valence-electron chi connectivity index (χ2n) is 10.5. The van der Waals surface area contributed by atoms with E-state index in [1.54, 1.807) is 0 Å². The van der Waals surface area contributed by atoms with E-state index in [0.717, 1.165) is 29.8 Å². The lowest BCUT2D eigenvalue weighted by molar-refractivity contribution is 0.869. The molecule has 2 aromatic heterocycles. The number of hydrogen-bond donors (Lipinski definition) is 1. The molecule has 0 aliphatic carbocycles. The number of nitrogens with zero attached hydrogens (tertiary/aromatic N) is 1. The van der Waals surface area contributed by atoms with Crippen molar-refractivity contribution in [2.75, 3.05) is 0 Å². The molecule has 0 spiro atoms. The normalized spacial score (nSPS) is 11.0. The lowest BCUT2D eigenvalue weighted by Crippen LogP contribution is -1.98. The predicted octanol–water partition coefficient (Wildman–Crippen LogP) is 13.8. The van der Waals surface area contributed by atoms with Gasteiger partial charge in [0.15, 0.2) is 0 Å². The Morgan fingerprint density at radius 1 is 0.444 bits per heavy atom. The Morgan fingerprint density at radius 3 is 1.27 bits per heavy atom. The van der Waals surface area contributed by atoms with Gasteiger partial charge in [0.1, 0.15) is 0 Å². The second kappa shape index (κ2) is 14.8. The summed E-state index contributed by atoms with van der Waals surface area (Å²) in [4.78, 5) is 3.39. The number of halogens is 5. The first-order valence-electron chi connectivity index (χ1n) is 14.3. The van der Waals surface area contributed by atoms with Crippen LogP contribution < -0.4 is 0 Å². The minimum absolute atomic E-state index is 0.879. The van der Waals surface area contributed by atoms with E-state index < -0.39 is 0 Å². The molecule has 0 saturated carbocycles. The summed E-state index contributed by atoms with van der Waals surface area (Å²) in [5.41, 5.74) is 7.51. The molecule has 45 heavy (non-hydrogen) atoms. The molecule has 0 unspecified atom stereocenters. The molecule has 8 aromatic rings. The molecular weight excluding hydrogens is 884 g/mol. The molecule has 1 N–H and O–H groups in total. The maximum Gasteiger partial charge on any atom is 0.0495 e. The third kappa shape index (κ3) is 7.66. The van der Waals surface area contributed by atoms with E-state index in [1.807, 2.05) is 30.3 Å². The van der Waals surface area contributed by atoms with E-state index in [9.17, 15) is 0 Å². The van der Waals surface area contributed by atoms with Crippen molar-refractivity contribution in [1.82, 2.24) is 9.55 Å². The van der Waals surface area contributed by atoms with E-state index in [-0.39, 0.29) is 0 Å². The molecule has 0 fully saturated rings. The fourth-order valence-electron chi connectivity index (χ4n) is 5.39. The summed E-state index contributed by atoms with van der Waals surface area (Å²) in [5.74, 6) is 0. The van der Waals surface area contributed by atoms with Crippen LogP contribution in [0.15, 0.2) is 151 Å². The number of H-pyrrole nitrogens is 1. The molecular formula is C38H27Br5N2. The molecule has 0 amide bonds. The van der Waals surface area contributed by atoms with Crippen LogP contribution in [0.3, 0.4) is 0 Å². The number of benzene rings is 6. The van der Waals surface area contributed by atoms with E-state index in [4.69, 9.17) is 0 Å². The zero-order chi connectivity index (χ0) is 31.3. The van der Waals surface area contributed by atoms with Gasteiger partial charge >= 0.3 is 0 Å². The number of fused-ring (bicyclic) bond motifs is 6. The topological polar surface area (TPSA) is 20.7 Å². The van der Waals surface area contributed by atoms with Gasteiger partial charge in [-0.05, 0) is 83.9 Å². The Hall–Kier alpha value is -2.68. The minimum atomic E-state index is 0.879. The fourth-order valence-corrected chi connectivity index (χ4v) is 7.21. The summed E-state index contributed by atoms with van der Waals surface area (Å²) in [7, 11) is 0. The highest BCUT2D eigenvalue weighted by molar-refractivity contribution is 9.11. The van der Waals surface area contributed by atoms with Gasteiger partial charge < -0.3 is 9.55 Å². The molecule has 6 aromatic carbocycles.